The van der Waals surface area contributed by atoms with Crippen LogP contribution in [0.3, 0.4) is 0 Å². The van der Waals surface area contributed by atoms with Crippen molar-refractivity contribution in [1.29, 1.82) is 0 Å². The molecule has 1 N–H and O–H groups in total. The van der Waals surface area contributed by atoms with Crippen molar-refractivity contribution < 1.29 is 23.9 Å². The Hall–Kier alpha value is -2.42. The molecule has 4 atom stereocenters. The minimum atomic E-state index is -0.660. The molecule has 0 spiro atoms. The molecule has 2 heterocycles. The fourth-order valence-electron chi connectivity index (χ4n) is 6.34. The van der Waals surface area contributed by atoms with Crippen molar-refractivity contribution >= 4 is 23.7 Å². The molecule has 1 aliphatic carbocycles. The second-order valence-electron chi connectivity index (χ2n) is 12.8. The fraction of sp³-hybridized carbons (Fsp3) is 0.806. The second-order valence-corrected chi connectivity index (χ2v) is 12.8. The molecule has 9 heteroatoms. The van der Waals surface area contributed by atoms with Crippen LogP contribution < -0.4 is 5.32 Å². The smallest absolute Gasteiger partial charge is 0.329 e. The van der Waals surface area contributed by atoms with E-state index < -0.39 is 12.1 Å². The predicted octanol–water partition coefficient (Wildman–Crippen LogP) is 3.52. The number of piperidine rings is 1. The number of likely N-dealkylation sites (tertiary alicyclic amines) is 2. The van der Waals surface area contributed by atoms with E-state index in [1.807, 2.05) is 40.8 Å². The minimum Gasteiger partial charge on any atom is -0.461 e. The van der Waals surface area contributed by atoms with Gasteiger partial charge in [0.15, 0.2) is 0 Å². The molecule has 0 aromatic carbocycles. The summed E-state index contributed by atoms with van der Waals surface area (Å²) >= 11 is 0. The van der Waals surface area contributed by atoms with Gasteiger partial charge in [0.2, 0.25) is 17.7 Å². The largest absolute Gasteiger partial charge is 0.461 e. The molecule has 0 unspecified atom stereocenters. The number of amides is 3. The maximum Gasteiger partial charge on any atom is 0.329 e. The van der Waals surface area contributed by atoms with Gasteiger partial charge >= 0.3 is 5.97 Å². The van der Waals surface area contributed by atoms with E-state index in [2.05, 4.69) is 10.2 Å². The molecular weight excluding hydrogens is 508 g/mol. The molecule has 226 valence electrons. The van der Waals surface area contributed by atoms with E-state index in [-0.39, 0.29) is 53.7 Å². The van der Waals surface area contributed by atoms with Crippen LogP contribution in [-0.2, 0) is 23.9 Å². The topological polar surface area (TPSA) is 99.3 Å². The van der Waals surface area contributed by atoms with Crippen LogP contribution in [0, 0.1) is 11.8 Å². The van der Waals surface area contributed by atoms with E-state index in [1.54, 1.807) is 23.8 Å². The highest BCUT2D eigenvalue weighted by Gasteiger charge is 2.38. The van der Waals surface area contributed by atoms with Crippen LogP contribution in [0.1, 0.15) is 92.4 Å². The third-order valence-corrected chi connectivity index (χ3v) is 8.91. The Morgan fingerprint density at radius 1 is 0.875 bits per heavy atom. The van der Waals surface area contributed by atoms with Gasteiger partial charge in [0.1, 0.15) is 18.2 Å². The predicted molar refractivity (Wildman–Crippen MR) is 155 cm³/mol. The lowest BCUT2D eigenvalue weighted by molar-refractivity contribution is -0.157. The van der Waals surface area contributed by atoms with Crippen molar-refractivity contribution in [3.05, 3.63) is 11.6 Å². The third-order valence-electron chi connectivity index (χ3n) is 8.91. The Balaban J connectivity index is 1.70. The number of nitrogens with one attached hydrogen (secondary N) is 1. The van der Waals surface area contributed by atoms with Crippen molar-refractivity contribution in [2.75, 3.05) is 27.2 Å². The van der Waals surface area contributed by atoms with Gasteiger partial charge in [-0.25, -0.2) is 4.79 Å². The summed E-state index contributed by atoms with van der Waals surface area (Å²) in [6.07, 6.45) is 10.0. The molecule has 0 aromatic heterocycles. The van der Waals surface area contributed by atoms with Gasteiger partial charge in [0, 0.05) is 19.2 Å². The second kappa shape index (κ2) is 14.5. The minimum absolute atomic E-state index is 0.0282. The zero-order chi connectivity index (χ0) is 29.6. The summed E-state index contributed by atoms with van der Waals surface area (Å²) in [6.45, 7) is 11.1. The van der Waals surface area contributed by atoms with Gasteiger partial charge < -0.3 is 19.9 Å². The number of ether oxygens (including phenoxy) is 1. The number of carbonyl (C=O) groups is 4. The molecular formula is C31H52N4O5. The van der Waals surface area contributed by atoms with Gasteiger partial charge in [-0.1, -0.05) is 40.2 Å². The number of nitrogens with zero attached hydrogens (tertiary/aromatic N) is 3. The first-order chi connectivity index (χ1) is 18.9. The standard InChI is InChI=1S/C31H52N4O5/c1-20(2)26(34(7)30(38)27(21(3)4)32-28(36)24-15-10-11-17-33(24)6)19-22(5)29(37)35-18-12-16-25(35)31(39)40-23-13-8-9-14-23/h19-21,23-27H,8-18H2,1-7H3,(H,32,36)/b22-19+/t24-,25+,26-,27+/m1/s1. The Morgan fingerprint density at radius 3 is 2.10 bits per heavy atom. The van der Waals surface area contributed by atoms with Crippen LogP contribution in [0.25, 0.3) is 0 Å². The first-order valence-electron chi connectivity index (χ1n) is 15.4. The van der Waals surface area contributed by atoms with E-state index >= 15 is 0 Å². The highest BCUT2D eigenvalue weighted by Crippen LogP contribution is 2.26. The molecule has 3 amide bonds. The maximum atomic E-state index is 13.8. The zero-order valence-electron chi connectivity index (χ0n) is 25.8. The highest BCUT2D eigenvalue weighted by molar-refractivity contribution is 5.96. The molecule has 0 radical (unpaired) electrons. The summed E-state index contributed by atoms with van der Waals surface area (Å²) in [7, 11) is 3.70. The summed E-state index contributed by atoms with van der Waals surface area (Å²) in [5.74, 6) is -0.815. The third kappa shape index (κ3) is 7.86. The monoisotopic (exact) mass is 560 g/mol. The lowest BCUT2D eigenvalue weighted by atomic mass is 9.96. The number of hydrogen-bond acceptors (Lipinski definition) is 6. The van der Waals surface area contributed by atoms with Gasteiger partial charge in [-0.05, 0) is 83.7 Å². The number of carbonyl (C=O) groups excluding carboxylic acids is 4. The Kier molecular flexibility index (Phi) is 11.6. The lowest BCUT2D eigenvalue weighted by Crippen LogP contribution is -2.57. The normalized spacial score (nSPS) is 24.3. The number of esters is 1. The number of rotatable bonds is 10. The van der Waals surface area contributed by atoms with Gasteiger partial charge in [0.05, 0.1) is 12.1 Å². The summed E-state index contributed by atoms with van der Waals surface area (Å²) in [4.78, 5) is 58.7. The van der Waals surface area contributed by atoms with Crippen LogP contribution in [0.5, 0.6) is 0 Å². The molecule has 0 aromatic rings. The lowest BCUT2D eigenvalue weighted by Gasteiger charge is -2.36. The number of hydrogen-bond donors (Lipinski definition) is 1. The maximum absolute atomic E-state index is 13.8. The SMILES string of the molecule is C/C(=C\[C@H](C(C)C)N(C)C(=O)[C@@H](NC(=O)[C@H]1CCCCN1C)C(C)C)C(=O)N1CCC[C@H]1C(=O)OC1CCCC1. The van der Waals surface area contributed by atoms with Crippen molar-refractivity contribution in [3.63, 3.8) is 0 Å². The van der Waals surface area contributed by atoms with Gasteiger partial charge in [-0.15, -0.1) is 0 Å². The van der Waals surface area contributed by atoms with Crippen LogP contribution in [0.4, 0.5) is 0 Å². The average Bonchev–Trinajstić information content (AvgIpc) is 3.61. The van der Waals surface area contributed by atoms with Gasteiger partial charge in [-0.2, -0.15) is 0 Å². The van der Waals surface area contributed by atoms with E-state index in [0.717, 1.165) is 57.9 Å². The first-order valence-corrected chi connectivity index (χ1v) is 15.4. The van der Waals surface area contributed by atoms with Crippen molar-refractivity contribution in [2.45, 2.75) is 123 Å². The molecule has 3 rings (SSSR count). The molecule has 40 heavy (non-hydrogen) atoms. The van der Waals surface area contributed by atoms with Gasteiger partial charge in [-0.3, -0.25) is 19.3 Å². The summed E-state index contributed by atoms with van der Waals surface area (Å²) in [5, 5.41) is 3.04. The van der Waals surface area contributed by atoms with Crippen LogP contribution in [0.15, 0.2) is 11.6 Å². The Morgan fingerprint density at radius 2 is 1.50 bits per heavy atom. The summed E-state index contributed by atoms with van der Waals surface area (Å²) in [6, 6.07) is -1.78. The van der Waals surface area contributed by atoms with E-state index in [9.17, 15) is 19.2 Å². The van der Waals surface area contributed by atoms with E-state index in [4.69, 9.17) is 4.74 Å². The van der Waals surface area contributed by atoms with Crippen molar-refractivity contribution in [1.82, 2.24) is 20.0 Å². The number of likely N-dealkylation sites (N-methyl/N-ethyl adjacent to an activating group) is 2. The average molecular weight is 561 g/mol. The molecule has 3 aliphatic rings. The van der Waals surface area contributed by atoms with E-state index in [0.29, 0.717) is 18.5 Å². The fourth-order valence-corrected chi connectivity index (χ4v) is 6.34. The van der Waals surface area contributed by atoms with Crippen LogP contribution in [0.2, 0.25) is 0 Å². The Bertz CT molecular complexity index is 942. The Labute approximate surface area is 241 Å². The highest BCUT2D eigenvalue weighted by atomic mass is 16.5. The molecule has 3 fully saturated rings. The molecule has 1 saturated carbocycles. The van der Waals surface area contributed by atoms with Crippen LogP contribution >= 0.6 is 0 Å². The van der Waals surface area contributed by atoms with Gasteiger partial charge in [0.25, 0.3) is 0 Å². The summed E-state index contributed by atoms with van der Waals surface area (Å²) < 4.78 is 5.73. The summed E-state index contributed by atoms with van der Waals surface area (Å²) in [5.41, 5.74) is 0.507. The molecule has 9 nitrogen and oxygen atoms in total. The van der Waals surface area contributed by atoms with Crippen LogP contribution in [-0.4, -0.2) is 95.8 Å². The molecule has 2 aliphatic heterocycles. The zero-order valence-corrected chi connectivity index (χ0v) is 25.8. The molecule has 2 saturated heterocycles. The van der Waals surface area contributed by atoms with Crippen molar-refractivity contribution in [3.8, 4) is 0 Å². The molecule has 0 bridgehead atoms. The quantitative estimate of drug-likeness (QED) is 0.324. The van der Waals surface area contributed by atoms with Crippen molar-refractivity contribution in [2.24, 2.45) is 11.8 Å². The van der Waals surface area contributed by atoms with E-state index in [1.165, 1.54) is 0 Å². The first kappa shape index (κ1) is 32.1.